The van der Waals surface area contributed by atoms with Crippen LogP contribution in [0, 0.1) is 16.0 Å². The van der Waals surface area contributed by atoms with Gasteiger partial charge < -0.3 is 5.32 Å². The Balaban J connectivity index is 2.71. The second-order valence-corrected chi connectivity index (χ2v) is 3.69. The van der Waals surface area contributed by atoms with Crippen LogP contribution in [0.2, 0.25) is 0 Å². The molecule has 15 heavy (non-hydrogen) atoms. The Morgan fingerprint density at radius 2 is 2.40 bits per heavy atom. The molecule has 0 aliphatic heterocycles. The maximum atomic E-state index is 10.7. The first kappa shape index (κ1) is 11.5. The molecule has 0 bridgehead atoms. The van der Waals surface area contributed by atoms with Gasteiger partial charge in [-0.25, -0.2) is 0 Å². The standard InChI is InChI=1S/C9H16N4O2/c1-4-7(2)5-10-9-8(13(14)15)6-12(3)11-9/h6-7H,4-5H2,1-3H3,(H,10,11). The molecule has 1 unspecified atom stereocenters. The first-order valence-corrected chi connectivity index (χ1v) is 4.96. The van der Waals surface area contributed by atoms with Crippen LogP contribution in [0.1, 0.15) is 20.3 Å². The van der Waals surface area contributed by atoms with E-state index in [4.69, 9.17) is 0 Å². The van der Waals surface area contributed by atoms with E-state index in [0.29, 0.717) is 18.3 Å². The Hall–Kier alpha value is -1.59. The van der Waals surface area contributed by atoms with Crippen molar-refractivity contribution in [3.63, 3.8) is 0 Å². The Morgan fingerprint density at radius 1 is 1.73 bits per heavy atom. The van der Waals surface area contributed by atoms with Crippen molar-refractivity contribution in [2.24, 2.45) is 13.0 Å². The van der Waals surface area contributed by atoms with Gasteiger partial charge in [-0.15, -0.1) is 5.10 Å². The summed E-state index contributed by atoms with van der Waals surface area (Å²) in [4.78, 5) is 10.2. The summed E-state index contributed by atoms with van der Waals surface area (Å²) in [5, 5.41) is 17.7. The van der Waals surface area contributed by atoms with Crippen LogP contribution in [0.5, 0.6) is 0 Å². The molecule has 6 nitrogen and oxygen atoms in total. The van der Waals surface area contributed by atoms with Crippen LogP contribution in [-0.4, -0.2) is 21.2 Å². The molecule has 0 amide bonds. The summed E-state index contributed by atoms with van der Waals surface area (Å²) in [5.41, 5.74) is 0.0285. The van der Waals surface area contributed by atoms with Crippen molar-refractivity contribution in [1.29, 1.82) is 0 Å². The monoisotopic (exact) mass is 212 g/mol. The first-order valence-electron chi connectivity index (χ1n) is 4.96. The van der Waals surface area contributed by atoms with Gasteiger partial charge in [-0.05, 0) is 5.92 Å². The van der Waals surface area contributed by atoms with Gasteiger partial charge in [0.15, 0.2) is 0 Å². The van der Waals surface area contributed by atoms with Crippen LogP contribution < -0.4 is 5.32 Å². The SMILES string of the molecule is CCC(C)CNc1nn(C)cc1[N+](=O)[O-]. The van der Waals surface area contributed by atoms with Gasteiger partial charge in [0, 0.05) is 13.6 Å². The third kappa shape index (κ3) is 2.93. The Labute approximate surface area is 88.4 Å². The number of nitrogens with zero attached hydrogens (tertiary/aromatic N) is 3. The summed E-state index contributed by atoms with van der Waals surface area (Å²) >= 11 is 0. The molecule has 1 aromatic rings. The van der Waals surface area contributed by atoms with Crippen LogP contribution in [0.3, 0.4) is 0 Å². The fourth-order valence-corrected chi connectivity index (χ4v) is 1.15. The average molecular weight is 212 g/mol. The lowest BCUT2D eigenvalue weighted by Crippen LogP contribution is -2.11. The largest absolute Gasteiger partial charge is 0.363 e. The molecule has 1 rings (SSSR count). The van der Waals surface area contributed by atoms with Crippen LogP contribution in [0.15, 0.2) is 6.20 Å². The van der Waals surface area contributed by atoms with Crippen molar-refractivity contribution in [2.75, 3.05) is 11.9 Å². The summed E-state index contributed by atoms with van der Waals surface area (Å²) < 4.78 is 1.44. The molecule has 0 aliphatic rings. The highest BCUT2D eigenvalue weighted by Crippen LogP contribution is 2.21. The van der Waals surface area contributed by atoms with E-state index >= 15 is 0 Å². The zero-order valence-electron chi connectivity index (χ0n) is 9.23. The molecule has 1 aromatic heterocycles. The van der Waals surface area contributed by atoms with Crippen molar-refractivity contribution >= 4 is 11.5 Å². The summed E-state index contributed by atoms with van der Waals surface area (Å²) in [6, 6.07) is 0. The zero-order valence-corrected chi connectivity index (χ0v) is 9.23. The number of aromatic nitrogens is 2. The summed E-state index contributed by atoms with van der Waals surface area (Å²) in [6.07, 6.45) is 2.44. The van der Waals surface area contributed by atoms with E-state index in [1.807, 2.05) is 0 Å². The minimum Gasteiger partial charge on any atom is -0.363 e. The Bertz CT molecular complexity index is 348. The van der Waals surface area contributed by atoms with Crippen LogP contribution >= 0.6 is 0 Å². The zero-order chi connectivity index (χ0) is 11.4. The fourth-order valence-electron chi connectivity index (χ4n) is 1.15. The van der Waals surface area contributed by atoms with E-state index in [1.54, 1.807) is 7.05 Å². The number of anilines is 1. The Kier molecular flexibility index (Phi) is 3.65. The fraction of sp³-hybridized carbons (Fsp3) is 0.667. The third-order valence-corrected chi connectivity index (χ3v) is 2.32. The maximum Gasteiger partial charge on any atom is 0.330 e. The van der Waals surface area contributed by atoms with Gasteiger partial charge in [0.2, 0.25) is 5.82 Å². The topological polar surface area (TPSA) is 73.0 Å². The molecule has 1 atom stereocenters. The average Bonchev–Trinajstić information content (AvgIpc) is 2.56. The molecule has 0 aliphatic carbocycles. The normalized spacial score (nSPS) is 12.5. The molecular weight excluding hydrogens is 196 g/mol. The van der Waals surface area contributed by atoms with Gasteiger partial charge in [-0.2, -0.15) is 0 Å². The number of hydrogen-bond donors (Lipinski definition) is 1. The van der Waals surface area contributed by atoms with Crippen molar-refractivity contribution < 1.29 is 4.92 Å². The number of rotatable bonds is 5. The second-order valence-electron chi connectivity index (χ2n) is 3.69. The quantitative estimate of drug-likeness (QED) is 0.596. The molecule has 0 radical (unpaired) electrons. The van der Waals surface area contributed by atoms with Gasteiger partial charge in [0.05, 0.1) is 4.92 Å². The molecule has 84 valence electrons. The second kappa shape index (κ2) is 4.77. The van der Waals surface area contributed by atoms with E-state index in [-0.39, 0.29) is 5.69 Å². The lowest BCUT2D eigenvalue weighted by atomic mass is 10.1. The number of nitro groups is 1. The molecule has 0 spiro atoms. The van der Waals surface area contributed by atoms with Gasteiger partial charge in [0.1, 0.15) is 6.20 Å². The lowest BCUT2D eigenvalue weighted by molar-refractivity contribution is -0.384. The number of nitrogens with one attached hydrogen (secondary N) is 1. The van der Waals surface area contributed by atoms with Crippen molar-refractivity contribution in [2.45, 2.75) is 20.3 Å². The van der Waals surface area contributed by atoms with Crippen LogP contribution in [0.4, 0.5) is 11.5 Å². The molecule has 6 heteroatoms. The van der Waals surface area contributed by atoms with E-state index in [1.165, 1.54) is 10.9 Å². The minimum atomic E-state index is -0.425. The van der Waals surface area contributed by atoms with Gasteiger partial charge in [-0.3, -0.25) is 14.8 Å². The Morgan fingerprint density at radius 3 is 2.93 bits per heavy atom. The van der Waals surface area contributed by atoms with Crippen molar-refractivity contribution in [3.05, 3.63) is 16.3 Å². The number of hydrogen-bond acceptors (Lipinski definition) is 4. The summed E-state index contributed by atoms with van der Waals surface area (Å²) in [5.74, 6) is 0.828. The van der Waals surface area contributed by atoms with Gasteiger partial charge in [-0.1, -0.05) is 20.3 Å². The molecular formula is C9H16N4O2. The highest BCUT2D eigenvalue weighted by molar-refractivity contribution is 5.54. The maximum absolute atomic E-state index is 10.7. The molecule has 0 fully saturated rings. The van der Waals surface area contributed by atoms with E-state index in [2.05, 4.69) is 24.3 Å². The smallest absolute Gasteiger partial charge is 0.330 e. The molecule has 1 heterocycles. The summed E-state index contributed by atoms with van der Waals surface area (Å²) in [6.45, 7) is 4.87. The molecule has 0 saturated carbocycles. The molecule has 0 aromatic carbocycles. The first-order chi connectivity index (χ1) is 7.04. The molecule has 1 N–H and O–H groups in total. The third-order valence-electron chi connectivity index (χ3n) is 2.32. The minimum absolute atomic E-state index is 0.0285. The van der Waals surface area contributed by atoms with Crippen LogP contribution in [0.25, 0.3) is 0 Å². The summed E-state index contributed by atoms with van der Waals surface area (Å²) in [7, 11) is 1.67. The number of aryl methyl sites for hydroxylation is 1. The lowest BCUT2D eigenvalue weighted by Gasteiger charge is -2.08. The highest BCUT2D eigenvalue weighted by Gasteiger charge is 2.18. The highest BCUT2D eigenvalue weighted by atomic mass is 16.6. The van der Waals surface area contributed by atoms with Crippen molar-refractivity contribution in [3.8, 4) is 0 Å². The van der Waals surface area contributed by atoms with E-state index in [0.717, 1.165) is 6.42 Å². The van der Waals surface area contributed by atoms with Gasteiger partial charge >= 0.3 is 5.69 Å². The van der Waals surface area contributed by atoms with E-state index in [9.17, 15) is 10.1 Å². The predicted molar refractivity (Wildman–Crippen MR) is 57.8 cm³/mol. The molecule has 0 saturated heterocycles. The van der Waals surface area contributed by atoms with Crippen LogP contribution in [-0.2, 0) is 7.05 Å². The predicted octanol–water partition coefficient (Wildman–Crippen LogP) is 1.79. The van der Waals surface area contributed by atoms with Gasteiger partial charge in [0.25, 0.3) is 0 Å². The van der Waals surface area contributed by atoms with Crippen molar-refractivity contribution in [1.82, 2.24) is 9.78 Å². The van der Waals surface area contributed by atoms with E-state index < -0.39 is 4.92 Å².